The monoisotopic (exact) mass is 309 g/mol. The molecule has 0 aliphatic rings. The largest absolute Gasteiger partial charge is 0.338 e. The summed E-state index contributed by atoms with van der Waals surface area (Å²) in [7, 11) is 0. The number of fused-ring (bicyclic) bond motifs is 1. The van der Waals surface area contributed by atoms with Crippen LogP contribution in [0.3, 0.4) is 0 Å². The van der Waals surface area contributed by atoms with Crippen LogP contribution in [0, 0.1) is 0 Å². The second kappa shape index (κ2) is 6.75. The van der Waals surface area contributed by atoms with Crippen LogP contribution in [0.5, 0.6) is 0 Å². The van der Waals surface area contributed by atoms with Crippen molar-refractivity contribution in [2.75, 3.05) is 6.54 Å². The molecule has 1 heterocycles. The van der Waals surface area contributed by atoms with Crippen LogP contribution in [-0.2, 0) is 17.8 Å². The maximum absolute atomic E-state index is 12.6. The van der Waals surface area contributed by atoms with Gasteiger partial charge in [0.15, 0.2) is 0 Å². The number of benzene rings is 2. The fourth-order valence-electron chi connectivity index (χ4n) is 2.69. The zero-order chi connectivity index (χ0) is 15.4. The minimum Gasteiger partial charge on any atom is -0.338 e. The molecule has 0 atom stereocenters. The highest BCUT2D eigenvalue weighted by atomic mass is 32.1. The molecule has 0 aliphatic carbocycles. The van der Waals surface area contributed by atoms with Gasteiger partial charge in [-0.2, -0.15) is 0 Å². The number of thiophene rings is 1. The van der Waals surface area contributed by atoms with Gasteiger partial charge in [0.1, 0.15) is 0 Å². The van der Waals surface area contributed by atoms with Gasteiger partial charge in [0.05, 0.1) is 13.0 Å². The normalized spacial score (nSPS) is 10.8. The third kappa shape index (κ3) is 3.20. The van der Waals surface area contributed by atoms with E-state index in [1.54, 1.807) is 11.3 Å². The van der Waals surface area contributed by atoms with E-state index in [9.17, 15) is 4.79 Å². The second-order valence-electron chi connectivity index (χ2n) is 5.30. The van der Waals surface area contributed by atoms with Gasteiger partial charge in [-0.3, -0.25) is 4.79 Å². The van der Waals surface area contributed by atoms with Crippen molar-refractivity contribution in [3.8, 4) is 0 Å². The molecule has 22 heavy (non-hydrogen) atoms. The predicted octanol–water partition coefficient (Wildman–Crippen LogP) is 4.49. The average Bonchev–Trinajstić information content (AvgIpc) is 3.06. The first kappa shape index (κ1) is 14.8. The van der Waals surface area contributed by atoms with Gasteiger partial charge < -0.3 is 4.90 Å². The molecular formula is C19H19NOS. The molecule has 0 spiro atoms. The quantitative estimate of drug-likeness (QED) is 0.680. The van der Waals surface area contributed by atoms with Crippen molar-refractivity contribution in [3.63, 3.8) is 0 Å². The second-order valence-corrected chi connectivity index (χ2v) is 6.33. The summed E-state index contributed by atoms with van der Waals surface area (Å²) in [5.74, 6) is 0.187. The number of hydrogen-bond acceptors (Lipinski definition) is 2. The van der Waals surface area contributed by atoms with E-state index < -0.39 is 0 Å². The van der Waals surface area contributed by atoms with Gasteiger partial charge in [0, 0.05) is 11.4 Å². The van der Waals surface area contributed by atoms with Crippen molar-refractivity contribution >= 4 is 28.0 Å². The molecule has 0 aliphatic heterocycles. The van der Waals surface area contributed by atoms with Crippen molar-refractivity contribution in [2.45, 2.75) is 19.9 Å². The van der Waals surface area contributed by atoms with Crippen molar-refractivity contribution in [3.05, 3.63) is 70.4 Å². The lowest BCUT2D eigenvalue weighted by Crippen LogP contribution is -2.31. The molecule has 0 saturated heterocycles. The Morgan fingerprint density at radius 2 is 1.86 bits per heavy atom. The van der Waals surface area contributed by atoms with Crippen molar-refractivity contribution in [1.29, 1.82) is 0 Å². The lowest BCUT2D eigenvalue weighted by atomic mass is 10.0. The molecule has 3 heteroatoms. The third-order valence-corrected chi connectivity index (χ3v) is 4.74. The first-order valence-corrected chi connectivity index (χ1v) is 8.42. The van der Waals surface area contributed by atoms with Gasteiger partial charge in [-0.25, -0.2) is 0 Å². The highest BCUT2D eigenvalue weighted by molar-refractivity contribution is 7.09. The Morgan fingerprint density at radius 1 is 1.05 bits per heavy atom. The average molecular weight is 309 g/mol. The van der Waals surface area contributed by atoms with Crippen LogP contribution in [0.2, 0.25) is 0 Å². The number of amides is 1. The SMILES string of the molecule is CCN(Cc1cccs1)C(=O)Cc1cccc2ccccc12. The summed E-state index contributed by atoms with van der Waals surface area (Å²) >= 11 is 1.70. The molecule has 0 N–H and O–H groups in total. The maximum atomic E-state index is 12.6. The molecule has 3 aromatic rings. The molecule has 0 radical (unpaired) electrons. The summed E-state index contributed by atoms with van der Waals surface area (Å²) in [5, 5.41) is 4.41. The predicted molar refractivity (Wildman–Crippen MR) is 93.1 cm³/mol. The molecule has 0 saturated carbocycles. The Hall–Kier alpha value is -2.13. The molecular weight excluding hydrogens is 290 g/mol. The summed E-state index contributed by atoms with van der Waals surface area (Å²) in [4.78, 5) is 15.8. The summed E-state index contributed by atoms with van der Waals surface area (Å²) in [6.45, 7) is 3.48. The molecule has 1 amide bonds. The Bertz CT molecular complexity index is 759. The van der Waals surface area contributed by atoms with Crippen molar-refractivity contribution < 1.29 is 4.79 Å². The molecule has 3 rings (SSSR count). The Morgan fingerprint density at radius 3 is 2.64 bits per heavy atom. The van der Waals surface area contributed by atoms with Crippen LogP contribution in [0.1, 0.15) is 17.4 Å². The van der Waals surface area contributed by atoms with Gasteiger partial charge in [0.25, 0.3) is 0 Å². The minimum absolute atomic E-state index is 0.187. The van der Waals surface area contributed by atoms with E-state index in [-0.39, 0.29) is 5.91 Å². The first-order chi connectivity index (χ1) is 10.8. The van der Waals surface area contributed by atoms with E-state index in [4.69, 9.17) is 0 Å². The van der Waals surface area contributed by atoms with Gasteiger partial charge >= 0.3 is 0 Å². The van der Waals surface area contributed by atoms with Crippen LogP contribution in [-0.4, -0.2) is 17.4 Å². The van der Waals surface area contributed by atoms with Crippen LogP contribution in [0.25, 0.3) is 10.8 Å². The zero-order valence-electron chi connectivity index (χ0n) is 12.7. The number of likely N-dealkylation sites (N-methyl/N-ethyl adjacent to an activating group) is 1. The van der Waals surface area contributed by atoms with Crippen molar-refractivity contribution in [2.24, 2.45) is 0 Å². The van der Waals surface area contributed by atoms with Crippen molar-refractivity contribution in [1.82, 2.24) is 4.90 Å². The van der Waals surface area contributed by atoms with Gasteiger partial charge in [0.2, 0.25) is 5.91 Å². The molecule has 1 aromatic heterocycles. The minimum atomic E-state index is 0.187. The zero-order valence-corrected chi connectivity index (χ0v) is 13.5. The highest BCUT2D eigenvalue weighted by Crippen LogP contribution is 2.20. The van der Waals surface area contributed by atoms with E-state index in [1.165, 1.54) is 15.6 Å². The topological polar surface area (TPSA) is 20.3 Å². The fourth-order valence-corrected chi connectivity index (χ4v) is 3.41. The summed E-state index contributed by atoms with van der Waals surface area (Å²) < 4.78 is 0. The Balaban J connectivity index is 1.79. The molecule has 0 unspecified atom stereocenters. The van der Waals surface area contributed by atoms with Crippen LogP contribution in [0.4, 0.5) is 0 Å². The highest BCUT2D eigenvalue weighted by Gasteiger charge is 2.14. The van der Waals surface area contributed by atoms with Crippen LogP contribution < -0.4 is 0 Å². The fraction of sp³-hybridized carbons (Fsp3) is 0.211. The lowest BCUT2D eigenvalue weighted by Gasteiger charge is -2.20. The van der Waals surface area contributed by atoms with Gasteiger partial charge in [-0.1, -0.05) is 48.5 Å². The molecule has 2 nitrogen and oxygen atoms in total. The summed E-state index contributed by atoms with van der Waals surface area (Å²) in [5.41, 5.74) is 1.10. The smallest absolute Gasteiger partial charge is 0.227 e. The van der Waals surface area contributed by atoms with E-state index in [0.717, 1.165) is 12.1 Å². The van der Waals surface area contributed by atoms with E-state index in [1.807, 2.05) is 36.1 Å². The van der Waals surface area contributed by atoms with Crippen LogP contribution in [0.15, 0.2) is 60.0 Å². The molecule has 2 aromatic carbocycles. The summed E-state index contributed by atoms with van der Waals surface area (Å²) in [6, 6.07) is 18.5. The van der Waals surface area contributed by atoms with E-state index in [0.29, 0.717) is 13.0 Å². The Kier molecular flexibility index (Phi) is 4.54. The Labute approximate surface area is 135 Å². The number of nitrogens with zero attached hydrogens (tertiary/aromatic N) is 1. The standard InChI is InChI=1S/C19H19NOS/c1-2-20(14-17-10-6-12-22-17)19(21)13-16-9-5-8-15-7-3-4-11-18(15)16/h3-12H,2,13-14H2,1H3. The lowest BCUT2D eigenvalue weighted by molar-refractivity contribution is -0.130. The molecule has 0 bridgehead atoms. The maximum Gasteiger partial charge on any atom is 0.227 e. The number of carbonyl (C=O) groups excluding carboxylic acids is 1. The van der Waals surface area contributed by atoms with Gasteiger partial charge in [-0.05, 0) is 34.7 Å². The summed E-state index contributed by atoms with van der Waals surface area (Å²) in [6.07, 6.45) is 0.459. The van der Waals surface area contributed by atoms with E-state index in [2.05, 4.69) is 35.7 Å². The molecule has 0 fully saturated rings. The number of carbonyl (C=O) groups is 1. The molecule has 112 valence electrons. The number of hydrogen-bond donors (Lipinski definition) is 0. The van der Waals surface area contributed by atoms with Crippen LogP contribution >= 0.6 is 11.3 Å². The number of rotatable bonds is 5. The third-order valence-electron chi connectivity index (χ3n) is 3.88. The van der Waals surface area contributed by atoms with E-state index >= 15 is 0 Å². The first-order valence-electron chi connectivity index (χ1n) is 7.54. The van der Waals surface area contributed by atoms with Gasteiger partial charge in [-0.15, -0.1) is 11.3 Å².